The Labute approximate surface area is 85.1 Å². The number of nitro groups is 1. The fourth-order valence-electron chi connectivity index (χ4n) is 1.37. The summed E-state index contributed by atoms with van der Waals surface area (Å²) in [5.74, 6) is 0.953. The summed E-state index contributed by atoms with van der Waals surface area (Å²) in [6.45, 7) is 1.76. The largest absolute Gasteiger partial charge is 0.331 e. The van der Waals surface area contributed by atoms with Crippen molar-refractivity contribution >= 4 is 5.69 Å². The summed E-state index contributed by atoms with van der Waals surface area (Å²) in [6.07, 6.45) is 4.59. The third-order valence-electron chi connectivity index (χ3n) is 2.04. The number of hydrogen-bond acceptors (Lipinski definition) is 4. The predicted molar refractivity (Wildman–Crippen MR) is 51.7 cm³/mol. The van der Waals surface area contributed by atoms with E-state index in [1.54, 1.807) is 30.9 Å². The van der Waals surface area contributed by atoms with Crippen LogP contribution in [0.5, 0.6) is 0 Å². The lowest BCUT2D eigenvalue weighted by atomic mass is 10.5. The van der Waals surface area contributed by atoms with Crippen LogP contribution in [-0.2, 0) is 7.05 Å². The molecular weight excluding hydrogens is 198 g/mol. The van der Waals surface area contributed by atoms with Gasteiger partial charge >= 0.3 is 5.69 Å². The van der Waals surface area contributed by atoms with Gasteiger partial charge in [-0.05, 0) is 6.92 Å². The number of imidazole rings is 1. The first-order valence-electron chi connectivity index (χ1n) is 4.28. The molecule has 0 atom stereocenters. The first-order valence-corrected chi connectivity index (χ1v) is 4.28. The van der Waals surface area contributed by atoms with E-state index in [2.05, 4.69) is 10.1 Å². The van der Waals surface area contributed by atoms with E-state index in [0.29, 0.717) is 5.82 Å². The Kier molecular flexibility index (Phi) is 2.00. The molecule has 2 rings (SSSR count). The average molecular weight is 207 g/mol. The predicted octanol–water partition coefficient (Wildman–Crippen LogP) is 0.822. The van der Waals surface area contributed by atoms with Crippen LogP contribution < -0.4 is 0 Å². The molecule has 2 heterocycles. The van der Waals surface area contributed by atoms with Crippen LogP contribution >= 0.6 is 0 Å². The lowest BCUT2D eigenvalue weighted by molar-refractivity contribution is -0.384. The Bertz CT molecular complexity index is 513. The number of nitrogens with zero attached hydrogens (tertiary/aromatic N) is 5. The number of hydrogen-bond donors (Lipinski definition) is 0. The molecule has 0 aliphatic rings. The maximum absolute atomic E-state index is 10.8. The fraction of sp³-hybridized carbons (Fsp3) is 0.250. The maximum Gasteiger partial charge on any atom is 0.331 e. The molecule has 0 aromatic carbocycles. The minimum Gasteiger partial charge on any atom is -0.281 e. The Morgan fingerprint density at radius 2 is 2.27 bits per heavy atom. The van der Waals surface area contributed by atoms with Gasteiger partial charge in [0.1, 0.15) is 12.0 Å². The molecule has 2 aromatic heterocycles. The molecule has 0 aliphatic carbocycles. The van der Waals surface area contributed by atoms with Crippen molar-refractivity contribution in [3.63, 3.8) is 0 Å². The van der Waals surface area contributed by atoms with Crippen molar-refractivity contribution in [2.75, 3.05) is 0 Å². The van der Waals surface area contributed by atoms with Gasteiger partial charge in [-0.25, -0.2) is 4.98 Å². The van der Waals surface area contributed by atoms with E-state index in [4.69, 9.17) is 0 Å². The van der Waals surface area contributed by atoms with Crippen LogP contribution in [0.3, 0.4) is 0 Å². The molecule has 15 heavy (non-hydrogen) atoms. The molecule has 0 saturated carbocycles. The molecule has 0 bridgehead atoms. The molecule has 0 spiro atoms. The molecule has 7 nitrogen and oxygen atoms in total. The van der Waals surface area contributed by atoms with Crippen LogP contribution in [-0.4, -0.2) is 24.3 Å². The van der Waals surface area contributed by atoms with Crippen molar-refractivity contribution in [2.45, 2.75) is 6.92 Å². The smallest absolute Gasteiger partial charge is 0.281 e. The van der Waals surface area contributed by atoms with E-state index in [-0.39, 0.29) is 11.5 Å². The van der Waals surface area contributed by atoms with Crippen LogP contribution in [0.4, 0.5) is 5.69 Å². The summed E-state index contributed by atoms with van der Waals surface area (Å²) in [6, 6.07) is 0. The van der Waals surface area contributed by atoms with E-state index in [0.717, 1.165) is 0 Å². The van der Waals surface area contributed by atoms with Gasteiger partial charge in [0.25, 0.3) is 0 Å². The van der Waals surface area contributed by atoms with Gasteiger partial charge in [0.2, 0.25) is 5.82 Å². The number of rotatable bonds is 2. The van der Waals surface area contributed by atoms with Gasteiger partial charge in [-0.2, -0.15) is 0 Å². The SMILES string of the molecule is Cc1nccn1-c1nn(C)cc1[N+](=O)[O-]. The average Bonchev–Trinajstić information content (AvgIpc) is 2.71. The lowest BCUT2D eigenvalue weighted by Gasteiger charge is -1.98. The third kappa shape index (κ3) is 1.47. The van der Waals surface area contributed by atoms with Gasteiger partial charge in [-0.15, -0.1) is 5.10 Å². The van der Waals surface area contributed by atoms with Crippen LogP contribution in [0, 0.1) is 17.0 Å². The van der Waals surface area contributed by atoms with Gasteiger partial charge in [0.15, 0.2) is 0 Å². The summed E-state index contributed by atoms with van der Waals surface area (Å²) < 4.78 is 2.99. The lowest BCUT2D eigenvalue weighted by Crippen LogP contribution is -2.00. The molecule has 0 fully saturated rings. The zero-order valence-corrected chi connectivity index (χ0v) is 8.28. The highest BCUT2D eigenvalue weighted by Crippen LogP contribution is 2.21. The molecule has 0 unspecified atom stereocenters. The first kappa shape index (κ1) is 9.38. The fourth-order valence-corrected chi connectivity index (χ4v) is 1.37. The highest BCUT2D eigenvalue weighted by molar-refractivity contribution is 5.45. The van der Waals surface area contributed by atoms with E-state index < -0.39 is 4.92 Å². The van der Waals surface area contributed by atoms with Crippen LogP contribution in [0.1, 0.15) is 5.82 Å². The Balaban J connectivity index is 2.62. The Morgan fingerprint density at radius 1 is 1.53 bits per heavy atom. The number of aryl methyl sites for hydroxylation is 2. The van der Waals surface area contributed by atoms with Crippen molar-refractivity contribution in [1.29, 1.82) is 0 Å². The second-order valence-electron chi connectivity index (χ2n) is 3.11. The Hall–Kier alpha value is -2.18. The molecule has 0 amide bonds. The summed E-state index contributed by atoms with van der Waals surface area (Å²) in [7, 11) is 1.64. The van der Waals surface area contributed by atoms with Crippen molar-refractivity contribution < 1.29 is 4.92 Å². The molecule has 7 heteroatoms. The standard InChI is InChI=1S/C8H9N5O2/c1-6-9-3-4-12(6)8-7(13(14)15)5-11(2)10-8/h3-5H,1-2H3. The summed E-state index contributed by atoms with van der Waals surface area (Å²) >= 11 is 0. The maximum atomic E-state index is 10.8. The van der Waals surface area contributed by atoms with Crippen LogP contribution in [0.15, 0.2) is 18.6 Å². The first-order chi connectivity index (χ1) is 7.09. The summed E-state index contributed by atoms with van der Waals surface area (Å²) in [5, 5.41) is 14.8. The zero-order valence-electron chi connectivity index (χ0n) is 8.28. The summed E-state index contributed by atoms with van der Waals surface area (Å²) in [5.41, 5.74) is -0.0291. The monoisotopic (exact) mass is 207 g/mol. The van der Waals surface area contributed by atoms with Crippen LogP contribution in [0.2, 0.25) is 0 Å². The zero-order chi connectivity index (χ0) is 11.0. The van der Waals surface area contributed by atoms with Gasteiger partial charge in [0, 0.05) is 19.4 Å². The highest BCUT2D eigenvalue weighted by atomic mass is 16.6. The minimum atomic E-state index is -0.457. The quantitative estimate of drug-likeness (QED) is 0.539. The second kappa shape index (κ2) is 3.19. The topological polar surface area (TPSA) is 78.8 Å². The summed E-state index contributed by atoms with van der Waals surface area (Å²) in [4.78, 5) is 14.3. The Morgan fingerprint density at radius 3 is 2.80 bits per heavy atom. The molecule has 0 saturated heterocycles. The normalized spacial score (nSPS) is 10.5. The molecule has 0 N–H and O–H groups in total. The molecule has 0 radical (unpaired) electrons. The van der Waals surface area contributed by atoms with Crippen molar-refractivity contribution in [3.05, 3.63) is 34.5 Å². The minimum absolute atomic E-state index is 0.0291. The van der Waals surface area contributed by atoms with E-state index in [9.17, 15) is 10.1 Å². The van der Waals surface area contributed by atoms with Crippen molar-refractivity contribution in [2.24, 2.45) is 7.05 Å². The van der Waals surface area contributed by atoms with E-state index >= 15 is 0 Å². The van der Waals surface area contributed by atoms with E-state index in [1.807, 2.05) is 0 Å². The number of aromatic nitrogens is 4. The third-order valence-corrected chi connectivity index (χ3v) is 2.04. The molecule has 0 aliphatic heterocycles. The van der Waals surface area contributed by atoms with Gasteiger partial charge in [-0.3, -0.25) is 19.4 Å². The van der Waals surface area contributed by atoms with Gasteiger partial charge < -0.3 is 0 Å². The van der Waals surface area contributed by atoms with Gasteiger partial charge in [0.05, 0.1) is 4.92 Å². The van der Waals surface area contributed by atoms with E-state index in [1.165, 1.54) is 10.9 Å². The van der Waals surface area contributed by atoms with Crippen LogP contribution in [0.25, 0.3) is 5.82 Å². The highest BCUT2D eigenvalue weighted by Gasteiger charge is 2.20. The molecule has 78 valence electrons. The van der Waals surface area contributed by atoms with Gasteiger partial charge in [-0.1, -0.05) is 0 Å². The molecule has 2 aromatic rings. The van der Waals surface area contributed by atoms with Crippen molar-refractivity contribution in [3.8, 4) is 5.82 Å². The van der Waals surface area contributed by atoms with Crippen molar-refractivity contribution in [1.82, 2.24) is 19.3 Å². The molecular formula is C8H9N5O2. The second-order valence-corrected chi connectivity index (χ2v) is 3.11.